The maximum atomic E-state index is 14.0. The Bertz CT molecular complexity index is 1240. The third-order valence-electron chi connectivity index (χ3n) is 4.65. The minimum atomic E-state index is -4.87. The van der Waals surface area contributed by atoms with E-state index in [0.717, 1.165) is 30.5 Å². The van der Waals surface area contributed by atoms with Crippen LogP contribution in [0.2, 0.25) is 5.02 Å². The normalized spacial score (nSPS) is 13.7. The molecule has 0 aliphatic rings. The molecule has 1 heterocycles. The van der Waals surface area contributed by atoms with Crippen LogP contribution in [0.1, 0.15) is 18.5 Å². The quantitative estimate of drug-likeness (QED) is 0.580. The molecule has 1 unspecified atom stereocenters. The number of hydrogen-bond donors (Lipinski definition) is 0. The van der Waals surface area contributed by atoms with E-state index in [1.165, 1.54) is 36.7 Å². The van der Waals surface area contributed by atoms with E-state index in [4.69, 9.17) is 11.6 Å². The number of nitrogens with zero attached hydrogens (tertiary/aromatic N) is 3. The summed E-state index contributed by atoms with van der Waals surface area (Å²) in [5.41, 5.74) is -0.120. The molecule has 1 aromatic heterocycles. The molecule has 0 saturated carbocycles. The fourth-order valence-electron chi connectivity index (χ4n) is 3.17. The van der Waals surface area contributed by atoms with Crippen molar-refractivity contribution in [3.63, 3.8) is 0 Å². The summed E-state index contributed by atoms with van der Waals surface area (Å²) < 4.78 is 69.9. The zero-order valence-electron chi connectivity index (χ0n) is 15.9. The number of sulfonamides is 1. The summed E-state index contributed by atoms with van der Waals surface area (Å²) in [6.45, 7) is 0.906. The molecule has 2 aromatic carbocycles. The van der Waals surface area contributed by atoms with Gasteiger partial charge < -0.3 is 4.57 Å². The largest absolute Gasteiger partial charge is 0.409 e. The van der Waals surface area contributed by atoms with Crippen molar-refractivity contribution in [2.24, 2.45) is 7.05 Å². The van der Waals surface area contributed by atoms with Crippen molar-refractivity contribution in [2.45, 2.75) is 24.0 Å². The van der Waals surface area contributed by atoms with Crippen LogP contribution in [0.25, 0.3) is 11.0 Å². The molecule has 3 aromatic rings. The maximum absolute atomic E-state index is 14.0. The Balaban J connectivity index is 2.15. The van der Waals surface area contributed by atoms with Crippen molar-refractivity contribution in [1.82, 2.24) is 13.9 Å². The summed E-state index contributed by atoms with van der Waals surface area (Å²) in [6.07, 6.45) is -3.85. The lowest BCUT2D eigenvalue weighted by molar-refractivity contribution is -0.173. The van der Waals surface area contributed by atoms with E-state index in [9.17, 15) is 26.4 Å². The van der Waals surface area contributed by atoms with Crippen LogP contribution >= 0.6 is 11.6 Å². The van der Waals surface area contributed by atoms with Crippen LogP contribution < -0.4 is 5.56 Å². The molecule has 6 nitrogen and oxygen atoms in total. The van der Waals surface area contributed by atoms with Gasteiger partial charge >= 0.3 is 6.18 Å². The minimum absolute atomic E-state index is 0.171. The molecule has 0 aliphatic carbocycles. The third-order valence-corrected chi connectivity index (χ3v) is 6.84. The highest BCUT2D eigenvalue weighted by Crippen LogP contribution is 2.40. The van der Waals surface area contributed by atoms with Crippen molar-refractivity contribution in [3.05, 3.63) is 69.6 Å². The van der Waals surface area contributed by atoms with E-state index >= 15 is 0 Å². The van der Waals surface area contributed by atoms with Gasteiger partial charge in [0.25, 0.3) is 5.56 Å². The zero-order valence-corrected chi connectivity index (χ0v) is 17.5. The van der Waals surface area contributed by atoms with Gasteiger partial charge in [0.05, 0.1) is 22.1 Å². The lowest BCUT2D eigenvalue weighted by Gasteiger charge is -2.32. The predicted octanol–water partition coefficient (Wildman–Crippen LogP) is 3.90. The van der Waals surface area contributed by atoms with Crippen molar-refractivity contribution < 1.29 is 21.6 Å². The second kappa shape index (κ2) is 8.01. The monoisotopic (exact) mass is 459 g/mol. The van der Waals surface area contributed by atoms with E-state index < -0.39 is 34.3 Å². The predicted molar refractivity (Wildman–Crippen MR) is 107 cm³/mol. The molecule has 30 heavy (non-hydrogen) atoms. The van der Waals surface area contributed by atoms with Crippen molar-refractivity contribution in [3.8, 4) is 0 Å². The SMILES string of the molecule is CCN(C(c1ccc(Cl)cc1)C(F)(F)F)S(=O)(=O)c1ccc2c(c1)ncc(=O)n2C. The highest BCUT2D eigenvalue weighted by molar-refractivity contribution is 7.89. The average Bonchev–Trinajstić information content (AvgIpc) is 2.68. The standard InChI is InChI=1S/C19H17ClF3N3O3S/c1-3-26(18(19(21,22)23)12-4-6-13(20)7-5-12)30(28,29)14-8-9-16-15(10-14)24-11-17(27)25(16)2/h4-11,18H,3H2,1-2H3. The summed E-state index contributed by atoms with van der Waals surface area (Å²) in [6, 6.07) is 6.11. The number of rotatable bonds is 5. The molecule has 0 bridgehead atoms. The summed E-state index contributed by atoms with van der Waals surface area (Å²) in [7, 11) is -3.07. The van der Waals surface area contributed by atoms with E-state index in [1.807, 2.05) is 0 Å². The van der Waals surface area contributed by atoms with Crippen molar-refractivity contribution in [2.75, 3.05) is 6.54 Å². The van der Waals surface area contributed by atoms with E-state index in [2.05, 4.69) is 4.98 Å². The van der Waals surface area contributed by atoms with Crippen LogP contribution in [0, 0.1) is 0 Å². The summed E-state index contributed by atoms with van der Waals surface area (Å²) >= 11 is 5.76. The van der Waals surface area contributed by atoms with E-state index in [-0.39, 0.29) is 21.0 Å². The molecule has 0 aliphatic heterocycles. The van der Waals surface area contributed by atoms with Crippen LogP contribution in [0.15, 0.2) is 58.4 Å². The molecular formula is C19H17ClF3N3O3S. The second-order valence-electron chi connectivity index (χ2n) is 6.51. The minimum Gasteiger partial charge on any atom is -0.309 e. The van der Waals surface area contributed by atoms with Crippen molar-refractivity contribution >= 4 is 32.7 Å². The molecule has 160 valence electrons. The van der Waals surface area contributed by atoms with Crippen LogP contribution in [0.3, 0.4) is 0 Å². The fraction of sp³-hybridized carbons (Fsp3) is 0.263. The number of alkyl halides is 3. The Morgan fingerprint density at radius 2 is 1.80 bits per heavy atom. The first kappa shape index (κ1) is 22.3. The summed E-state index contributed by atoms with van der Waals surface area (Å²) in [4.78, 5) is 15.2. The van der Waals surface area contributed by atoms with Crippen LogP contribution in [0.5, 0.6) is 0 Å². The van der Waals surface area contributed by atoms with Gasteiger partial charge in [0.15, 0.2) is 0 Å². The van der Waals surface area contributed by atoms with Crippen LogP contribution in [-0.4, -0.2) is 35.0 Å². The molecule has 0 fully saturated rings. The number of aryl methyl sites for hydroxylation is 1. The van der Waals surface area contributed by atoms with Gasteiger partial charge in [-0.1, -0.05) is 30.7 Å². The van der Waals surface area contributed by atoms with Crippen molar-refractivity contribution in [1.29, 1.82) is 0 Å². The number of halogens is 4. The summed E-state index contributed by atoms with van der Waals surface area (Å²) in [5.74, 6) is 0. The number of benzene rings is 2. The number of fused-ring (bicyclic) bond motifs is 1. The van der Waals surface area contributed by atoms with Gasteiger partial charge in [-0.25, -0.2) is 13.4 Å². The Kier molecular flexibility index (Phi) is 5.94. The molecule has 0 amide bonds. The van der Waals surface area contributed by atoms with Gasteiger partial charge in [0, 0.05) is 18.6 Å². The Labute approximate surface area is 175 Å². The topological polar surface area (TPSA) is 72.3 Å². The molecule has 0 radical (unpaired) electrons. The molecule has 11 heteroatoms. The highest BCUT2D eigenvalue weighted by Gasteiger charge is 2.48. The summed E-state index contributed by atoms with van der Waals surface area (Å²) in [5, 5.41) is 0.233. The lowest BCUT2D eigenvalue weighted by atomic mass is 10.1. The Morgan fingerprint density at radius 1 is 1.17 bits per heavy atom. The molecule has 0 N–H and O–H groups in total. The van der Waals surface area contributed by atoms with E-state index in [1.54, 1.807) is 0 Å². The Hall–Kier alpha value is -2.43. The zero-order chi connectivity index (χ0) is 22.3. The van der Waals surface area contributed by atoms with Gasteiger partial charge in [-0.3, -0.25) is 4.79 Å². The van der Waals surface area contributed by atoms with Gasteiger partial charge in [0.2, 0.25) is 10.0 Å². The molecule has 3 rings (SSSR count). The first-order valence-electron chi connectivity index (χ1n) is 8.76. The van der Waals surface area contributed by atoms with Crippen LogP contribution in [0.4, 0.5) is 13.2 Å². The van der Waals surface area contributed by atoms with Gasteiger partial charge in [-0.15, -0.1) is 0 Å². The smallest absolute Gasteiger partial charge is 0.309 e. The first-order chi connectivity index (χ1) is 14.0. The first-order valence-corrected chi connectivity index (χ1v) is 10.6. The lowest BCUT2D eigenvalue weighted by Crippen LogP contribution is -2.42. The third kappa shape index (κ3) is 4.07. The Morgan fingerprint density at radius 3 is 2.37 bits per heavy atom. The van der Waals surface area contributed by atoms with Gasteiger partial charge in [-0.2, -0.15) is 17.5 Å². The van der Waals surface area contributed by atoms with Gasteiger partial charge in [0.1, 0.15) is 6.04 Å². The van der Waals surface area contributed by atoms with Gasteiger partial charge in [-0.05, 0) is 35.9 Å². The molecule has 1 atom stereocenters. The fourth-order valence-corrected chi connectivity index (χ4v) is 4.93. The van der Waals surface area contributed by atoms with Crippen LogP contribution in [-0.2, 0) is 17.1 Å². The molecule has 0 saturated heterocycles. The highest BCUT2D eigenvalue weighted by atomic mass is 35.5. The molecular weight excluding hydrogens is 443 g/mol. The maximum Gasteiger partial charge on any atom is 0.409 e. The van der Waals surface area contributed by atoms with E-state index in [0.29, 0.717) is 9.82 Å². The second-order valence-corrected chi connectivity index (χ2v) is 8.84. The average molecular weight is 460 g/mol. The number of hydrogen-bond acceptors (Lipinski definition) is 4. The molecule has 0 spiro atoms. The number of aromatic nitrogens is 2.